The number of rotatable bonds is 20. The lowest BCUT2D eigenvalue weighted by atomic mass is 9.75. The van der Waals surface area contributed by atoms with Crippen molar-refractivity contribution in [3.8, 4) is 34.5 Å². The maximum absolute atomic E-state index is 6.28. The second-order valence-corrected chi connectivity index (χ2v) is 14.3. The zero-order valence-electron chi connectivity index (χ0n) is 34.7. The summed E-state index contributed by atoms with van der Waals surface area (Å²) in [4.78, 5) is 2.79. The number of hydrogen-bond acceptors (Lipinski definition) is 9. The lowest BCUT2D eigenvalue weighted by Gasteiger charge is -2.51. The summed E-state index contributed by atoms with van der Waals surface area (Å²) in [6, 6.07) is 22.4. The van der Waals surface area contributed by atoms with Crippen LogP contribution >= 0.6 is 0 Å². The highest BCUT2D eigenvalue weighted by Crippen LogP contribution is 2.50. The third-order valence-electron chi connectivity index (χ3n) is 10.7. The first-order valence-corrected chi connectivity index (χ1v) is 20.5. The van der Waals surface area contributed by atoms with Crippen molar-refractivity contribution in [1.29, 1.82) is 0 Å². The van der Waals surface area contributed by atoms with Gasteiger partial charge in [0.1, 0.15) is 0 Å². The van der Waals surface area contributed by atoms with E-state index in [9.17, 15) is 0 Å². The standard InChI is InChI=1S/C47H61NO8/c1-9-51-42-17-15-31(21-44(42)53-11-3)19-40-38-26-36(30-50-8)35(29-49-7)23-33(38)24-37-25-34-27-46(55-13-5)47(56-14-6)28-39(34)41(48(37)40)20-32-16-18-43(52-10-2)45(22-32)54-12-4/h15-18,21-23,26-28,37,40-41H,9-14,19-20,24-25,29-30H2,1-8H3. The molecule has 9 nitrogen and oxygen atoms in total. The fraction of sp³-hybridized carbons (Fsp3) is 0.489. The highest BCUT2D eigenvalue weighted by Gasteiger charge is 2.44. The molecule has 0 radical (unpaired) electrons. The summed E-state index contributed by atoms with van der Waals surface area (Å²) in [5, 5.41) is 0. The summed E-state index contributed by atoms with van der Waals surface area (Å²) in [5.41, 5.74) is 9.94. The molecule has 0 aliphatic carbocycles. The van der Waals surface area contributed by atoms with Crippen LogP contribution in [0.25, 0.3) is 0 Å². The van der Waals surface area contributed by atoms with Crippen molar-refractivity contribution < 1.29 is 37.9 Å². The van der Waals surface area contributed by atoms with E-state index in [2.05, 4.69) is 65.6 Å². The molecule has 0 saturated heterocycles. The van der Waals surface area contributed by atoms with Crippen LogP contribution in [0.2, 0.25) is 0 Å². The second kappa shape index (κ2) is 19.6. The van der Waals surface area contributed by atoms with Gasteiger partial charge in [0.2, 0.25) is 0 Å². The molecule has 9 heteroatoms. The molecule has 4 aromatic rings. The third kappa shape index (κ3) is 9.06. The van der Waals surface area contributed by atoms with E-state index in [0.29, 0.717) is 52.9 Å². The average molecular weight is 768 g/mol. The van der Waals surface area contributed by atoms with Crippen molar-refractivity contribution in [1.82, 2.24) is 4.90 Å². The lowest BCUT2D eigenvalue weighted by molar-refractivity contribution is 0.0497. The number of fused-ring (bicyclic) bond motifs is 3. The first-order chi connectivity index (χ1) is 27.4. The lowest BCUT2D eigenvalue weighted by Crippen LogP contribution is -2.51. The Morgan fingerprint density at radius 2 is 0.857 bits per heavy atom. The number of ether oxygens (including phenoxy) is 8. The van der Waals surface area contributed by atoms with Gasteiger partial charge in [-0.05, 0) is 148 Å². The van der Waals surface area contributed by atoms with Gasteiger partial charge in [-0.2, -0.15) is 0 Å². The van der Waals surface area contributed by atoms with Crippen LogP contribution < -0.4 is 28.4 Å². The van der Waals surface area contributed by atoms with E-state index < -0.39 is 0 Å². The molecule has 0 amide bonds. The van der Waals surface area contributed by atoms with E-state index in [-0.39, 0.29) is 18.1 Å². The summed E-state index contributed by atoms with van der Waals surface area (Å²) in [6.07, 6.45) is 3.33. The average Bonchev–Trinajstić information content (AvgIpc) is 3.18. The van der Waals surface area contributed by atoms with Crippen LogP contribution in [0.3, 0.4) is 0 Å². The number of benzene rings is 4. The largest absolute Gasteiger partial charge is 0.490 e. The molecule has 0 fully saturated rings. The molecule has 4 aromatic carbocycles. The van der Waals surface area contributed by atoms with Crippen molar-refractivity contribution in [2.75, 3.05) is 53.9 Å². The predicted molar refractivity (Wildman–Crippen MR) is 220 cm³/mol. The molecule has 2 aliphatic heterocycles. The fourth-order valence-electron chi connectivity index (χ4n) is 8.63. The monoisotopic (exact) mass is 767 g/mol. The van der Waals surface area contributed by atoms with Gasteiger partial charge < -0.3 is 37.9 Å². The van der Waals surface area contributed by atoms with Gasteiger partial charge in [0.15, 0.2) is 34.5 Å². The Kier molecular flexibility index (Phi) is 14.4. The van der Waals surface area contributed by atoms with Gasteiger partial charge in [-0.15, -0.1) is 0 Å². The summed E-state index contributed by atoms with van der Waals surface area (Å²) in [5.74, 6) is 4.67. The topological polar surface area (TPSA) is 77.1 Å². The Morgan fingerprint density at radius 1 is 0.464 bits per heavy atom. The van der Waals surface area contributed by atoms with E-state index in [1.165, 1.54) is 38.9 Å². The molecule has 0 spiro atoms. The molecule has 3 unspecified atom stereocenters. The molecule has 2 heterocycles. The van der Waals surface area contributed by atoms with Crippen LogP contribution in [0.5, 0.6) is 34.5 Å². The van der Waals surface area contributed by atoms with Gasteiger partial charge >= 0.3 is 0 Å². The van der Waals surface area contributed by atoms with Crippen molar-refractivity contribution in [2.45, 2.75) is 98.6 Å². The van der Waals surface area contributed by atoms with Crippen LogP contribution in [-0.2, 0) is 48.4 Å². The Hall–Kier alpha value is -4.44. The summed E-state index contributed by atoms with van der Waals surface area (Å²) in [7, 11) is 3.52. The van der Waals surface area contributed by atoms with E-state index in [1.54, 1.807) is 14.2 Å². The molecule has 0 saturated carbocycles. The van der Waals surface area contributed by atoms with Crippen molar-refractivity contribution in [2.24, 2.45) is 0 Å². The zero-order valence-corrected chi connectivity index (χ0v) is 34.7. The Balaban J connectivity index is 1.55. The van der Waals surface area contributed by atoms with Gasteiger partial charge in [-0.3, -0.25) is 4.90 Å². The Bertz CT molecular complexity index is 1770. The molecule has 0 N–H and O–H groups in total. The minimum absolute atomic E-state index is 0.0165. The first-order valence-electron chi connectivity index (χ1n) is 20.5. The third-order valence-corrected chi connectivity index (χ3v) is 10.7. The van der Waals surface area contributed by atoms with Crippen LogP contribution in [0.4, 0.5) is 0 Å². The number of methoxy groups -OCH3 is 2. The minimum atomic E-state index is 0.0165. The molecule has 56 heavy (non-hydrogen) atoms. The molecule has 2 aliphatic rings. The predicted octanol–water partition coefficient (Wildman–Crippen LogP) is 9.42. The highest BCUT2D eigenvalue weighted by molar-refractivity contribution is 5.53. The Morgan fingerprint density at radius 3 is 1.32 bits per heavy atom. The van der Waals surface area contributed by atoms with E-state index >= 15 is 0 Å². The molecule has 302 valence electrons. The van der Waals surface area contributed by atoms with E-state index in [4.69, 9.17) is 37.9 Å². The second-order valence-electron chi connectivity index (χ2n) is 14.3. The maximum atomic E-state index is 6.28. The maximum Gasteiger partial charge on any atom is 0.161 e. The smallest absolute Gasteiger partial charge is 0.161 e. The van der Waals surface area contributed by atoms with Crippen LogP contribution in [0.15, 0.2) is 60.7 Å². The van der Waals surface area contributed by atoms with Gasteiger partial charge in [0.25, 0.3) is 0 Å². The van der Waals surface area contributed by atoms with Crippen molar-refractivity contribution >= 4 is 0 Å². The molecule has 3 atom stereocenters. The number of hydrogen-bond donors (Lipinski definition) is 0. The number of nitrogens with zero attached hydrogens (tertiary/aromatic N) is 1. The van der Waals surface area contributed by atoms with E-state index in [1.807, 2.05) is 41.5 Å². The van der Waals surface area contributed by atoms with Gasteiger partial charge in [-0.1, -0.05) is 24.3 Å². The van der Waals surface area contributed by atoms with Crippen LogP contribution in [0.1, 0.15) is 98.1 Å². The van der Waals surface area contributed by atoms with Crippen molar-refractivity contribution in [3.63, 3.8) is 0 Å². The zero-order chi connectivity index (χ0) is 39.6. The Labute approximate surface area is 334 Å². The van der Waals surface area contributed by atoms with E-state index in [0.717, 1.165) is 65.7 Å². The summed E-state index contributed by atoms with van der Waals surface area (Å²) >= 11 is 0. The molecule has 0 bridgehead atoms. The fourth-order valence-corrected chi connectivity index (χ4v) is 8.63. The quantitative estimate of drug-likeness (QED) is 0.0875. The van der Waals surface area contributed by atoms with Crippen molar-refractivity contribution in [3.05, 3.63) is 105 Å². The molecule has 0 aromatic heterocycles. The summed E-state index contributed by atoms with van der Waals surface area (Å²) < 4.78 is 48.2. The van der Waals surface area contributed by atoms with Crippen LogP contribution in [-0.4, -0.2) is 64.8 Å². The van der Waals surface area contributed by atoms with Crippen LogP contribution in [0, 0.1) is 0 Å². The molecular weight excluding hydrogens is 707 g/mol. The first kappa shape index (κ1) is 41.2. The SMILES string of the molecule is CCOc1ccc(CC2c3cc(COC)c(COC)cc3CC3Cc4cc(OCC)c(OCC)cc4C(Cc4ccc(OCC)c(OCC)c4)N32)cc1OCC. The van der Waals surface area contributed by atoms with Gasteiger partial charge in [-0.25, -0.2) is 0 Å². The molecule has 6 rings (SSSR count). The minimum Gasteiger partial charge on any atom is -0.490 e. The normalized spacial score (nSPS) is 17.4. The van der Waals surface area contributed by atoms with Gasteiger partial charge in [0.05, 0.1) is 52.9 Å². The van der Waals surface area contributed by atoms with Gasteiger partial charge in [0, 0.05) is 32.3 Å². The molecular formula is C47H61NO8. The summed E-state index contributed by atoms with van der Waals surface area (Å²) in [6.45, 7) is 16.5. The highest BCUT2D eigenvalue weighted by atomic mass is 16.5.